The molecule has 0 spiro atoms. The van der Waals surface area contributed by atoms with Gasteiger partial charge in [0.25, 0.3) is 0 Å². The first-order chi connectivity index (χ1) is 8.52. The summed E-state index contributed by atoms with van der Waals surface area (Å²) in [6.45, 7) is 6.63. The Morgan fingerprint density at radius 1 is 1.44 bits per heavy atom. The van der Waals surface area contributed by atoms with Crippen LogP contribution in [0.5, 0.6) is 0 Å². The van der Waals surface area contributed by atoms with Gasteiger partial charge in [-0.05, 0) is 32.9 Å². The van der Waals surface area contributed by atoms with Crippen LogP contribution in [-0.2, 0) is 13.0 Å². The maximum atomic E-state index is 6.26. The van der Waals surface area contributed by atoms with Crippen molar-refractivity contribution in [1.29, 1.82) is 0 Å². The highest BCUT2D eigenvalue weighted by Gasteiger charge is 2.18. The van der Waals surface area contributed by atoms with Gasteiger partial charge in [0.15, 0.2) is 0 Å². The molecule has 2 aromatic rings. The van der Waals surface area contributed by atoms with Crippen molar-refractivity contribution in [3.05, 3.63) is 40.1 Å². The summed E-state index contributed by atoms with van der Waals surface area (Å²) < 4.78 is 7.44. The molecule has 0 saturated carbocycles. The normalized spacial score (nSPS) is 12.9. The Labute approximate surface area is 112 Å². The van der Waals surface area contributed by atoms with Gasteiger partial charge in [0, 0.05) is 13.0 Å². The second kappa shape index (κ2) is 5.16. The lowest BCUT2D eigenvalue weighted by molar-refractivity contribution is 0.438. The van der Waals surface area contributed by atoms with Crippen molar-refractivity contribution in [2.24, 2.45) is 5.73 Å². The van der Waals surface area contributed by atoms with E-state index in [9.17, 15) is 0 Å². The minimum Gasteiger partial charge on any atom is -0.465 e. The summed E-state index contributed by atoms with van der Waals surface area (Å²) in [5, 5.41) is 5.08. The van der Waals surface area contributed by atoms with Crippen LogP contribution in [0.25, 0.3) is 0 Å². The third-order valence-corrected chi connectivity index (χ3v) is 3.48. The average molecular weight is 268 g/mol. The van der Waals surface area contributed by atoms with E-state index in [1.54, 1.807) is 0 Å². The summed E-state index contributed by atoms with van der Waals surface area (Å²) in [7, 11) is 0. The van der Waals surface area contributed by atoms with E-state index in [-0.39, 0.29) is 6.04 Å². The zero-order valence-corrected chi connectivity index (χ0v) is 11.7. The van der Waals surface area contributed by atoms with Gasteiger partial charge < -0.3 is 10.2 Å². The predicted octanol–water partition coefficient (Wildman–Crippen LogP) is 3.01. The van der Waals surface area contributed by atoms with Gasteiger partial charge in [-0.2, -0.15) is 5.10 Å². The van der Waals surface area contributed by atoms with Crippen LogP contribution < -0.4 is 5.73 Å². The maximum Gasteiger partial charge on any atom is 0.121 e. The standard InChI is InChI=1S/C13H18ClN3O/c1-4-17-11(13(14)9(3)16-17)7-10(15)12-6-5-8(2)18-12/h5-6,10H,4,7,15H2,1-3H3. The molecule has 0 aliphatic carbocycles. The fourth-order valence-corrected chi connectivity index (χ4v) is 2.24. The lowest BCUT2D eigenvalue weighted by Gasteiger charge is -2.10. The van der Waals surface area contributed by atoms with E-state index in [2.05, 4.69) is 5.10 Å². The number of furan rings is 1. The topological polar surface area (TPSA) is 57.0 Å². The number of aromatic nitrogens is 2. The first-order valence-electron chi connectivity index (χ1n) is 6.06. The molecule has 0 aliphatic rings. The van der Waals surface area contributed by atoms with Crippen molar-refractivity contribution in [1.82, 2.24) is 9.78 Å². The average Bonchev–Trinajstić information content (AvgIpc) is 2.88. The number of rotatable bonds is 4. The smallest absolute Gasteiger partial charge is 0.121 e. The highest BCUT2D eigenvalue weighted by atomic mass is 35.5. The molecule has 0 aliphatic heterocycles. The third kappa shape index (κ3) is 2.44. The van der Waals surface area contributed by atoms with E-state index in [1.165, 1.54) is 0 Å². The zero-order valence-electron chi connectivity index (χ0n) is 10.9. The lowest BCUT2D eigenvalue weighted by atomic mass is 10.1. The van der Waals surface area contributed by atoms with Crippen LogP contribution in [0.1, 0.15) is 35.9 Å². The van der Waals surface area contributed by atoms with Crippen molar-refractivity contribution >= 4 is 11.6 Å². The van der Waals surface area contributed by atoms with E-state index in [0.717, 1.165) is 29.5 Å². The molecule has 0 bridgehead atoms. The van der Waals surface area contributed by atoms with Gasteiger partial charge in [-0.15, -0.1) is 0 Å². The molecule has 2 aromatic heterocycles. The Balaban J connectivity index is 2.23. The van der Waals surface area contributed by atoms with E-state index in [1.807, 2.05) is 37.6 Å². The first-order valence-corrected chi connectivity index (χ1v) is 6.44. The molecular weight excluding hydrogens is 250 g/mol. The summed E-state index contributed by atoms with van der Waals surface area (Å²) in [5.74, 6) is 1.65. The highest BCUT2D eigenvalue weighted by Crippen LogP contribution is 2.25. The second-order valence-corrected chi connectivity index (χ2v) is 4.80. The Bertz CT molecular complexity index is 544. The number of nitrogens with two attached hydrogens (primary N) is 1. The molecule has 18 heavy (non-hydrogen) atoms. The molecule has 2 rings (SSSR count). The Morgan fingerprint density at radius 3 is 2.72 bits per heavy atom. The van der Waals surface area contributed by atoms with E-state index in [4.69, 9.17) is 21.8 Å². The number of halogens is 1. The minimum atomic E-state index is -0.197. The van der Waals surface area contributed by atoms with Crippen LogP contribution in [0.2, 0.25) is 5.02 Å². The van der Waals surface area contributed by atoms with Crippen molar-refractivity contribution in [2.75, 3.05) is 0 Å². The van der Waals surface area contributed by atoms with Gasteiger partial charge in [0.2, 0.25) is 0 Å². The van der Waals surface area contributed by atoms with E-state index < -0.39 is 0 Å². The second-order valence-electron chi connectivity index (χ2n) is 4.42. The highest BCUT2D eigenvalue weighted by molar-refractivity contribution is 6.31. The molecule has 98 valence electrons. The Kier molecular flexibility index (Phi) is 3.78. The van der Waals surface area contributed by atoms with Crippen LogP contribution in [0.15, 0.2) is 16.5 Å². The third-order valence-electron chi connectivity index (χ3n) is 2.99. The van der Waals surface area contributed by atoms with Crippen LogP contribution in [0, 0.1) is 13.8 Å². The summed E-state index contributed by atoms with van der Waals surface area (Å²) in [5.41, 5.74) is 7.96. The van der Waals surface area contributed by atoms with Crippen LogP contribution in [0.3, 0.4) is 0 Å². The predicted molar refractivity (Wildman–Crippen MR) is 71.7 cm³/mol. The van der Waals surface area contributed by atoms with Gasteiger partial charge >= 0.3 is 0 Å². The fourth-order valence-electron chi connectivity index (χ4n) is 2.03. The number of nitrogens with zero attached hydrogens (tertiary/aromatic N) is 2. The number of aryl methyl sites for hydroxylation is 3. The van der Waals surface area contributed by atoms with Gasteiger partial charge in [-0.1, -0.05) is 11.6 Å². The van der Waals surface area contributed by atoms with Crippen molar-refractivity contribution < 1.29 is 4.42 Å². The molecule has 0 radical (unpaired) electrons. The quantitative estimate of drug-likeness (QED) is 0.926. The van der Waals surface area contributed by atoms with E-state index in [0.29, 0.717) is 11.4 Å². The molecule has 5 heteroatoms. The number of hydrogen-bond donors (Lipinski definition) is 1. The SMILES string of the molecule is CCn1nc(C)c(Cl)c1CC(N)c1ccc(C)o1. The molecule has 0 fully saturated rings. The molecule has 4 nitrogen and oxygen atoms in total. The molecule has 2 heterocycles. The van der Waals surface area contributed by atoms with Gasteiger partial charge in [0.05, 0.1) is 22.5 Å². The minimum absolute atomic E-state index is 0.197. The van der Waals surface area contributed by atoms with E-state index >= 15 is 0 Å². The summed E-state index contributed by atoms with van der Waals surface area (Å²) in [6.07, 6.45) is 0.625. The molecule has 0 amide bonds. The molecule has 0 aromatic carbocycles. The molecule has 1 atom stereocenters. The van der Waals surface area contributed by atoms with Gasteiger partial charge in [0.1, 0.15) is 11.5 Å². The summed E-state index contributed by atoms with van der Waals surface area (Å²) in [4.78, 5) is 0. The van der Waals surface area contributed by atoms with Gasteiger partial charge in [-0.3, -0.25) is 4.68 Å². The molecule has 1 unspecified atom stereocenters. The van der Waals surface area contributed by atoms with Crippen LogP contribution in [-0.4, -0.2) is 9.78 Å². The van der Waals surface area contributed by atoms with Crippen LogP contribution in [0.4, 0.5) is 0 Å². The van der Waals surface area contributed by atoms with Crippen molar-refractivity contribution in [3.8, 4) is 0 Å². The zero-order chi connectivity index (χ0) is 13.3. The summed E-state index contributed by atoms with van der Waals surface area (Å²) in [6, 6.07) is 3.63. The maximum absolute atomic E-state index is 6.26. The summed E-state index contributed by atoms with van der Waals surface area (Å²) >= 11 is 6.26. The Hall–Kier alpha value is -1.26. The fraction of sp³-hybridized carbons (Fsp3) is 0.462. The van der Waals surface area contributed by atoms with Gasteiger partial charge in [-0.25, -0.2) is 0 Å². The Morgan fingerprint density at radius 2 is 2.17 bits per heavy atom. The van der Waals surface area contributed by atoms with Crippen molar-refractivity contribution in [3.63, 3.8) is 0 Å². The molecule has 0 saturated heterocycles. The molecular formula is C13H18ClN3O. The van der Waals surface area contributed by atoms with Crippen LogP contribution >= 0.6 is 11.6 Å². The molecule has 2 N–H and O–H groups in total. The van der Waals surface area contributed by atoms with Crippen molar-refractivity contribution in [2.45, 2.75) is 39.8 Å². The largest absolute Gasteiger partial charge is 0.465 e. The first kappa shape index (κ1) is 13.2. The number of hydrogen-bond acceptors (Lipinski definition) is 3. The monoisotopic (exact) mass is 267 g/mol. The lowest BCUT2D eigenvalue weighted by Crippen LogP contribution is -2.15.